The molecule has 2 aromatic rings. The van der Waals surface area contributed by atoms with Gasteiger partial charge in [0.05, 0.1) is 0 Å². The SMILES string of the molecule is Cc1nonc1CNCCc1ncon1. The summed E-state index contributed by atoms with van der Waals surface area (Å²) in [6.45, 7) is 3.24. The third kappa shape index (κ3) is 2.59. The molecule has 0 atom stereocenters. The van der Waals surface area contributed by atoms with Crippen LogP contribution in [0.15, 0.2) is 15.5 Å². The van der Waals surface area contributed by atoms with E-state index < -0.39 is 0 Å². The number of hydrogen-bond acceptors (Lipinski definition) is 7. The summed E-state index contributed by atoms with van der Waals surface area (Å²) in [6, 6.07) is 0. The average molecular weight is 209 g/mol. The number of rotatable bonds is 5. The van der Waals surface area contributed by atoms with Crippen molar-refractivity contribution >= 4 is 0 Å². The van der Waals surface area contributed by atoms with E-state index in [1.54, 1.807) is 0 Å². The van der Waals surface area contributed by atoms with E-state index in [1.807, 2.05) is 6.92 Å². The minimum Gasteiger partial charge on any atom is -0.343 e. The first kappa shape index (κ1) is 9.78. The number of nitrogens with one attached hydrogen (secondary N) is 1. The van der Waals surface area contributed by atoms with Crippen LogP contribution in [0.1, 0.15) is 17.2 Å². The Kier molecular flexibility index (Phi) is 3.03. The Bertz CT molecular complexity index is 397. The lowest BCUT2D eigenvalue weighted by Gasteiger charge is -1.98. The highest BCUT2D eigenvalue weighted by atomic mass is 16.6. The summed E-state index contributed by atoms with van der Waals surface area (Å²) in [4.78, 5) is 3.90. The molecule has 0 unspecified atom stereocenters. The zero-order valence-corrected chi connectivity index (χ0v) is 8.30. The van der Waals surface area contributed by atoms with Crippen molar-refractivity contribution in [3.8, 4) is 0 Å². The van der Waals surface area contributed by atoms with Crippen molar-refractivity contribution in [1.29, 1.82) is 0 Å². The fraction of sp³-hybridized carbons (Fsp3) is 0.500. The summed E-state index contributed by atoms with van der Waals surface area (Å²) < 4.78 is 9.18. The molecule has 2 rings (SSSR count). The van der Waals surface area contributed by atoms with Crippen molar-refractivity contribution in [2.24, 2.45) is 0 Å². The van der Waals surface area contributed by atoms with Crippen LogP contribution in [0, 0.1) is 6.92 Å². The molecule has 2 aromatic heterocycles. The van der Waals surface area contributed by atoms with E-state index in [0.29, 0.717) is 12.4 Å². The second-order valence-electron chi connectivity index (χ2n) is 3.07. The van der Waals surface area contributed by atoms with E-state index in [2.05, 4.69) is 34.9 Å². The number of nitrogens with zero attached hydrogens (tertiary/aromatic N) is 4. The minimum atomic E-state index is 0.632. The molecule has 80 valence electrons. The Morgan fingerprint density at radius 2 is 2.27 bits per heavy atom. The van der Waals surface area contributed by atoms with Gasteiger partial charge in [-0.25, -0.2) is 4.63 Å². The van der Waals surface area contributed by atoms with Crippen molar-refractivity contribution < 1.29 is 9.15 Å². The second kappa shape index (κ2) is 4.65. The first-order valence-electron chi connectivity index (χ1n) is 4.60. The third-order valence-corrected chi connectivity index (χ3v) is 1.97. The summed E-state index contributed by atoms with van der Waals surface area (Å²) in [5.41, 5.74) is 1.63. The van der Waals surface area contributed by atoms with Gasteiger partial charge in [-0.1, -0.05) is 15.5 Å². The lowest BCUT2D eigenvalue weighted by atomic mass is 10.3. The van der Waals surface area contributed by atoms with Crippen LogP contribution in [0.5, 0.6) is 0 Å². The van der Waals surface area contributed by atoms with Gasteiger partial charge in [-0.15, -0.1) is 0 Å². The van der Waals surface area contributed by atoms with Gasteiger partial charge in [-0.3, -0.25) is 0 Å². The molecular weight excluding hydrogens is 198 g/mol. The van der Waals surface area contributed by atoms with Gasteiger partial charge in [0.25, 0.3) is 0 Å². The lowest BCUT2D eigenvalue weighted by molar-refractivity contribution is 0.300. The number of hydrogen-bond donors (Lipinski definition) is 1. The molecule has 0 aromatic carbocycles. The van der Waals surface area contributed by atoms with Gasteiger partial charge >= 0.3 is 0 Å². The molecule has 0 saturated carbocycles. The van der Waals surface area contributed by atoms with E-state index in [4.69, 9.17) is 0 Å². The highest BCUT2D eigenvalue weighted by Crippen LogP contribution is 1.99. The van der Waals surface area contributed by atoms with Crippen LogP contribution < -0.4 is 5.32 Å². The Labute approximate surface area is 85.8 Å². The van der Waals surface area contributed by atoms with Crippen LogP contribution in [-0.4, -0.2) is 27.0 Å². The first-order valence-corrected chi connectivity index (χ1v) is 4.60. The van der Waals surface area contributed by atoms with Crippen LogP contribution >= 0.6 is 0 Å². The maximum absolute atomic E-state index is 4.61. The number of aryl methyl sites for hydroxylation is 1. The predicted octanol–water partition coefficient (Wildman–Crippen LogP) is 0.0933. The zero-order valence-electron chi connectivity index (χ0n) is 8.30. The normalized spacial score (nSPS) is 10.7. The molecule has 2 heterocycles. The molecule has 0 aliphatic rings. The van der Waals surface area contributed by atoms with Crippen molar-refractivity contribution in [2.75, 3.05) is 6.54 Å². The van der Waals surface area contributed by atoms with E-state index in [1.165, 1.54) is 6.39 Å². The molecule has 7 nitrogen and oxygen atoms in total. The summed E-state index contributed by atoms with van der Waals surface area (Å²) in [7, 11) is 0. The van der Waals surface area contributed by atoms with E-state index in [0.717, 1.165) is 24.4 Å². The topological polar surface area (TPSA) is 89.9 Å². The van der Waals surface area contributed by atoms with Crippen molar-refractivity contribution in [1.82, 2.24) is 25.8 Å². The summed E-state index contributed by atoms with van der Waals surface area (Å²) in [5.74, 6) is 0.692. The quantitative estimate of drug-likeness (QED) is 0.698. The maximum Gasteiger partial charge on any atom is 0.213 e. The molecular formula is C8H11N5O2. The van der Waals surface area contributed by atoms with E-state index in [-0.39, 0.29) is 0 Å². The summed E-state index contributed by atoms with van der Waals surface area (Å²) >= 11 is 0. The minimum absolute atomic E-state index is 0.632. The van der Waals surface area contributed by atoms with Crippen molar-refractivity contribution in [3.63, 3.8) is 0 Å². The van der Waals surface area contributed by atoms with E-state index in [9.17, 15) is 0 Å². The van der Waals surface area contributed by atoms with Crippen LogP contribution in [-0.2, 0) is 13.0 Å². The molecule has 0 aliphatic carbocycles. The zero-order chi connectivity index (χ0) is 10.5. The molecule has 0 radical (unpaired) electrons. The molecule has 0 spiro atoms. The molecule has 1 N–H and O–H groups in total. The predicted molar refractivity (Wildman–Crippen MR) is 48.7 cm³/mol. The van der Waals surface area contributed by atoms with Crippen LogP contribution in [0.2, 0.25) is 0 Å². The fourth-order valence-corrected chi connectivity index (χ4v) is 1.12. The smallest absolute Gasteiger partial charge is 0.213 e. The standard InChI is InChI=1S/C8H11N5O2/c1-6-7(12-15-11-6)4-9-3-2-8-10-5-14-13-8/h5,9H,2-4H2,1H3. The highest BCUT2D eigenvalue weighted by Gasteiger charge is 2.04. The van der Waals surface area contributed by atoms with Gasteiger partial charge < -0.3 is 9.84 Å². The molecule has 15 heavy (non-hydrogen) atoms. The van der Waals surface area contributed by atoms with Gasteiger partial charge in [-0.05, 0) is 6.92 Å². The van der Waals surface area contributed by atoms with Gasteiger partial charge in [0.2, 0.25) is 6.39 Å². The summed E-state index contributed by atoms with van der Waals surface area (Å²) in [6.07, 6.45) is 2.04. The molecule has 0 aliphatic heterocycles. The number of aromatic nitrogens is 4. The van der Waals surface area contributed by atoms with E-state index >= 15 is 0 Å². The van der Waals surface area contributed by atoms with Crippen LogP contribution in [0.3, 0.4) is 0 Å². The Balaban J connectivity index is 1.70. The molecule has 0 saturated heterocycles. The van der Waals surface area contributed by atoms with Gasteiger partial charge in [0.15, 0.2) is 5.82 Å². The van der Waals surface area contributed by atoms with Crippen LogP contribution in [0.4, 0.5) is 0 Å². The Morgan fingerprint density at radius 1 is 1.33 bits per heavy atom. The molecule has 0 amide bonds. The largest absolute Gasteiger partial charge is 0.343 e. The Morgan fingerprint density at radius 3 is 2.93 bits per heavy atom. The van der Waals surface area contributed by atoms with Crippen molar-refractivity contribution in [2.45, 2.75) is 19.9 Å². The summed E-state index contributed by atoms with van der Waals surface area (Å²) in [5, 5.41) is 14.3. The molecule has 7 heteroatoms. The maximum atomic E-state index is 4.61. The second-order valence-corrected chi connectivity index (χ2v) is 3.07. The third-order valence-electron chi connectivity index (χ3n) is 1.97. The van der Waals surface area contributed by atoms with Crippen molar-refractivity contribution in [3.05, 3.63) is 23.6 Å². The average Bonchev–Trinajstić information content (AvgIpc) is 2.85. The molecule has 0 fully saturated rings. The highest BCUT2D eigenvalue weighted by molar-refractivity contribution is 5.03. The molecule has 0 bridgehead atoms. The Hall–Kier alpha value is -1.76. The van der Waals surface area contributed by atoms with Gasteiger partial charge in [-0.2, -0.15) is 4.98 Å². The fourth-order valence-electron chi connectivity index (χ4n) is 1.12. The van der Waals surface area contributed by atoms with Gasteiger partial charge in [0, 0.05) is 19.5 Å². The first-order chi connectivity index (χ1) is 7.36. The van der Waals surface area contributed by atoms with Crippen LogP contribution in [0.25, 0.3) is 0 Å². The van der Waals surface area contributed by atoms with Gasteiger partial charge in [0.1, 0.15) is 11.4 Å². The lowest BCUT2D eigenvalue weighted by Crippen LogP contribution is -2.17. The monoisotopic (exact) mass is 209 g/mol.